The monoisotopic (exact) mass is 476 g/mol. The number of nitrogens with zero attached hydrogens (tertiary/aromatic N) is 3. The first-order chi connectivity index (χ1) is 16.7. The highest BCUT2D eigenvalue weighted by molar-refractivity contribution is 6.06. The van der Waals surface area contributed by atoms with Gasteiger partial charge in [0, 0.05) is 49.1 Å². The minimum atomic E-state index is -0.508. The van der Waals surface area contributed by atoms with Crippen LogP contribution in [0, 0.1) is 0 Å². The molecule has 1 N–H and O–H groups in total. The number of rotatable bonds is 5. The normalized spacial score (nSPS) is 14.1. The molecule has 1 aliphatic rings. The number of amides is 1. The number of carbonyl (C=O) groups is 2. The van der Waals surface area contributed by atoms with Gasteiger partial charge in [-0.15, -0.1) is 0 Å². The number of para-hydroxylation sites is 1. The highest BCUT2D eigenvalue weighted by atomic mass is 16.6. The summed E-state index contributed by atoms with van der Waals surface area (Å²) in [6, 6.07) is 15.7. The summed E-state index contributed by atoms with van der Waals surface area (Å²) >= 11 is 0. The molecule has 35 heavy (non-hydrogen) atoms. The zero-order chi connectivity index (χ0) is 25.0. The van der Waals surface area contributed by atoms with E-state index in [9.17, 15) is 9.59 Å². The number of nitrogens with one attached hydrogen (secondary N) is 1. The average molecular weight is 477 g/mol. The number of carbonyl (C=O) groups excluding carboxylic acids is 2. The van der Waals surface area contributed by atoms with E-state index in [1.165, 1.54) is 0 Å². The molecule has 8 heteroatoms. The zero-order valence-corrected chi connectivity index (χ0v) is 20.7. The van der Waals surface area contributed by atoms with Crippen molar-refractivity contribution in [3.8, 4) is 0 Å². The van der Waals surface area contributed by atoms with E-state index in [1.54, 1.807) is 18.0 Å². The number of aromatic nitrogens is 1. The molecular formula is C27H32N4O4. The Morgan fingerprint density at radius 2 is 1.74 bits per heavy atom. The summed E-state index contributed by atoms with van der Waals surface area (Å²) < 4.78 is 10.8. The largest absolute Gasteiger partial charge is 0.462 e. The third-order valence-corrected chi connectivity index (χ3v) is 5.69. The van der Waals surface area contributed by atoms with Crippen LogP contribution in [0.3, 0.4) is 0 Å². The molecule has 2 heterocycles. The van der Waals surface area contributed by atoms with E-state index >= 15 is 0 Å². The minimum Gasteiger partial charge on any atom is -0.462 e. The van der Waals surface area contributed by atoms with Crippen LogP contribution in [0.1, 0.15) is 38.1 Å². The van der Waals surface area contributed by atoms with E-state index in [1.807, 2.05) is 69.3 Å². The lowest BCUT2D eigenvalue weighted by Gasteiger charge is -2.36. The Bertz CT molecular complexity index is 1200. The maximum absolute atomic E-state index is 12.6. The van der Waals surface area contributed by atoms with E-state index in [0.29, 0.717) is 37.4 Å². The smallest absolute Gasteiger partial charge is 0.410 e. The van der Waals surface area contributed by atoms with Crippen molar-refractivity contribution >= 4 is 40.0 Å². The Morgan fingerprint density at radius 1 is 1.03 bits per heavy atom. The van der Waals surface area contributed by atoms with Crippen molar-refractivity contribution in [3.05, 3.63) is 60.3 Å². The summed E-state index contributed by atoms with van der Waals surface area (Å²) in [6.07, 6.45) is 1.29. The molecule has 4 rings (SSSR count). The molecule has 0 bridgehead atoms. The van der Waals surface area contributed by atoms with Crippen molar-refractivity contribution in [1.82, 2.24) is 9.88 Å². The van der Waals surface area contributed by atoms with Crippen molar-refractivity contribution in [2.24, 2.45) is 0 Å². The fourth-order valence-corrected chi connectivity index (χ4v) is 4.02. The molecule has 8 nitrogen and oxygen atoms in total. The molecule has 0 atom stereocenters. The molecule has 3 aromatic rings. The highest BCUT2D eigenvalue weighted by Gasteiger charge is 2.26. The van der Waals surface area contributed by atoms with Gasteiger partial charge in [0.2, 0.25) is 0 Å². The summed E-state index contributed by atoms with van der Waals surface area (Å²) in [4.78, 5) is 33.6. The molecule has 0 aliphatic carbocycles. The Balaban J connectivity index is 1.58. The standard InChI is InChI=1S/C27H32N4O4/c1-5-34-25(32)22-18-28-23-17-20(11-12-21(23)24(22)29-19-9-7-6-8-10-19)30-13-15-31(16-14-30)26(33)35-27(2,3)4/h6-12,17-18H,5,13-16H2,1-4H3,(H,28,29). The second-order valence-electron chi connectivity index (χ2n) is 9.41. The maximum Gasteiger partial charge on any atom is 0.410 e. The van der Waals surface area contributed by atoms with Crippen molar-refractivity contribution < 1.29 is 19.1 Å². The van der Waals surface area contributed by atoms with E-state index in [2.05, 4.69) is 15.2 Å². The summed E-state index contributed by atoms with van der Waals surface area (Å²) in [7, 11) is 0. The number of hydrogen-bond donors (Lipinski definition) is 1. The molecule has 1 aliphatic heterocycles. The first-order valence-electron chi connectivity index (χ1n) is 11.9. The van der Waals surface area contributed by atoms with Crippen molar-refractivity contribution in [2.45, 2.75) is 33.3 Å². The van der Waals surface area contributed by atoms with Gasteiger partial charge < -0.3 is 24.6 Å². The van der Waals surface area contributed by atoms with Crippen LogP contribution in [0.2, 0.25) is 0 Å². The van der Waals surface area contributed by atoms with Crippen molar-refractivity contribution in [1.29, 1.82) is 0 Å². The summed E-state index contributed by atoms with van der Waals surface area (Å²) in [5.41, 5.74) is 3.20. The Morgan fingerprint density at radius 3 is 2.40 bits per heavy atom. The zero-order valence-electron chi connectivity index (χ0n) is 20.7. The van der Waals surface area contributed by atoms with Crippen LogP contribution in [-0.4, -0.2) is 60.3 Å². The highest BCUT2D eigenvalue weighted by Crippen LogP contribution is 2.32. The molecule has 184 valence electrons. The SMILES string of the molecule is CCOC(=O)c1cnc2cc(N3CCN(C(=O)OC(C)(C)C)CC3)ccc2c1Nc1ccccc1. The molecule has 1 fully saturated rings. The van der Waals surface area contributed by atoms with Gasteiger partial charge in [0.05, 0.1) is 17.8 Å². The van der Waals surface area contributed by atoms with E-state index < -0.39 is 11.6 Å². The lowest BCUT2D eigenvalue weighted by Crippen LogP contribution is -2.50. The van der Waals surface area contributed by atoms with Crippen LogP contribution in [-0.2, 0) is 9.47 Å². The molecule has 0 unspecified atom stereocenters. The molecule has 0 radical (unpaired) electrons. The van der Waals surface area contributed by atoms with Gasteiger partial charge in [-0.05, 0) is 58.0 Å². The summed E-state index contributed by atoms with van der Waals surface area (Å²) in [5.74, 6) is -0.414. The van der Waals surface area contributed by atoms with Crippen molar-refractivity contribution in [3.63, 3.8) is 0 Å². The molecule has 0 saturated carbocycles. The second-order valence-corrected chi connectivity index (χ2v) is 9.41. The molecule has 1 amide bonds. The van der Waals surface area contributed by atoms with Crippen LogP contribution in [0.4, 0.5) is 21.9 Å². The van der Waals surface area contributed by atoms with Crippen LogP contribution in [0.15, 0.2) is 54.7 Å². The van der Waals surface area contributed by atoms with E-state index in [4.69, 9.17) is 9.47 Å². The van der Waals surface area contributed by atoms with Gasteiger partial charge in [0.25, 0.3) is 0 Å². The number of fused-ring (bicyclic) bond motifs is 1. The molecule has 1 saturated heterocycles. The summed E-state index contributed by atoms with van der Waals surface area (Å²) in [6.45, 7) is 10.3. The number of esters is 1. The average Bonchev–Trinajstić information content (AvgIpc) is 2.83. The van der Waals surface area contributed by atoms with Crippen LogP contribution < -0.4 is 10.2 Å². The Labute approximate surface area is 205 Å². The first kappa shape index (κ1) is 24.3. The first-order valence-corrected chi connectivity index (χ1v) is 11.9. The van der Waals surface area contributed by atoms with Gasteiger partial charge in [0.15, 0.2) is 0 Å². The van der Waals surface area contributed by atoms with Gasteiger partial charge in [-0.25, -0.2) is 9.59 Å². The number of anilines is 3. The second kappa shape index (κ2) is 10.2. The number of piperazine rings is 1. The fraction of sp³-hybridized carbons (Fsp3) is 0.370. The Hall–Kier alpha value is -3.81. The fourth-order valence-electron chi connectivity index (χ4n) is 4.02. The van der Waals surface area contributed by atoms with E-state index in [-0.39, 0.29) is 12.7 Å². The minimum absolute atomic E-state index is 0.277. The van der Waals surface area contributed by atoms with Crippen LogP contribution in [0.5, 0.6) is 0 Å². The third kappa shape index (κ3) is 5.82. The van der Waals surface area contributed by atoms with Gasteiger partial charge in [0.1, 0.15) is 11.2 Å². The topological polar surface area (TPSA) is 84.0 Å². The number of pyridine rings is 1. The molecule has 2 aromatic carbocycles. The van der Waals surface area contributed by atoms with Crippen LogP contribution in [0.25, 0.3) is 10.9 Å². The Kier molecular flexibility index (Phi) is 7.10. The van der Waals surface area contributed by atoms with Crippen molar-refractivity contribution in [2.75, 3.05) is 43.0 Å². The van der Waals surface area contributed by atoms with E-state index in [0.717, 1.165) is 22.3 Å². The number of benzene rings is 2. The third-order valence-electron chi connectivity index (χ3n) is 5.69. The van der Waals surface area contributed by atoms with Crippen LogP contribution >= 0.6 is 0 Å². The molecule has 1 aromatic heterocycles. The van der Waals surface area contributed by atoms with Gasteiger partial charge >= 0.3 is 12.1 Å². The summed E-state index contributed by atoms with van der Waals surface area (Å²) in [5, 5.41) is 4.21. The predicted molar refractivity (Wildman–Crippen MR) is 137 cm³/mol. The lowest BCUT2D eigenvalue weighted by molar-refractivity contribution is 0.0240. The van der Waals surface area contributed by atoms with Gasteiger partial charge in [-0.2, -0.15) is 0 Å². The maximum atomic E-state index is 12.6. The quantitative estimate of drug-likeness (QED) is 0.506. The number of ether oxygens (including phenoxy) is 2. The lowest BCUT2D eigenvalue weighted by atomic mass is 10.1. The van der Waals surface area contributed by atoms with Gasteiger partial charge in [-0.3, -0.25) is 4.98 Å². The number of hydrogen-bond acceptors (Lipinski definition) is 7. The molecule has 0 spiro atoms. The van der Waals surface area contributed by atoms with Gasteiger partial charge in [-0.1, -0.05) is 18.2 Å². The predicted octanol–water partition coefficient (Wildman–Crippen LogP) is 5.21. The molecular weight excluding hydrogens is 444 g/mol.